The van der Waals surface area contributed by atoms with Gasteiger partial charge in [-0.05, 0) is 83.4 Å². The maximum atomic E-state index is 11.5. The van der Waals surface area contributed by atoms with E-state index in [-0.39, 0.29) is 41.7 Å². The van der Waals surface area contributed by atoms with Crippen LogP contribution in [-0.4, -0.2) is 92.9 Å². The van der Waals surface area contributed by atoms with Gasteiger partial charge in [-0.2, -0.15) is 0 Å². The Morgan fingerprint density at radius 1 is 0.717 bits per heavy atom. The Bertz CT molecular complexity index is 2080. The van der Waals surface area contributed by atoms with Crippen LogP contribution in [0.15, 0.2) is 78.6 Å². The summed E-state index contributed by atoms with van der Waals surface area (Å²) in [4.78, 5) is 59.3. The minimum atomic E-state index is -0.536. The number of aromatic nitrogens is 6. The first-order valence-electron chi connectivity index (χ1n) is 19.2. The predicted octanol–water partition coefficient (Wildman–Crippen LogP) is 5.29. The predicted molar refractivity (Wildman–Crippen MR) is 224 cm³/mol. The maximum absolute atomic E-state index is 11.5. The van der Waals surface area contributed by atoms with Gasteiger partial charge in [0.25, 0.3) is 0 Å². The number of methoxy groups -OCH3 is 1. The topological polar surface area (TPSA) is 319 Å². The number of nitrogens with zero attached hydrogens (tertiary/aromatic N) is 8. The number of hydrogen-bond donors (Lipinski definition) is 6. The van der Waals surface area contributed by atoms with Gasteiger partial charge >= 0.3 is 22.8 Å². The third-order valence-electron chi connectivity index (χ3n) is 8.10. The van der Waals surface area contributed by atoms with Crippen molar-refractivity contribution in [2.45, 2.75) is 89.4 Å². The van der Waals surface area contributed by atoms with Crippen molar-refractivity contribution in [3.05, 3.63) is 115 Å². The Labute approximate surface area is 344 Å². The van der Waals surface area contributed by atoms with E-state index in [1.807, 2.05) is 10.6 Å². The molecule has 5 heterocycles. The number of hydrogen-bond acceptors (Lipinski definition) is 17. The van der Waals surface area contributed by atoms with Crippen LogP contribution >= 0.6 is 0 Å². The minimum absolute atomic E-state index is 0.00880. The van der Waals surface area contributed by atoms with Crippen LogP contribution in [0.1, 0.15) is 71.3 Å². The summed E-state index contributed by atoms with van der Waals surface area (Å²) in [6.45, 7) is 3.86. The van der Waals surface area contributed by atoms with E-state index in [4.69, 9.17) is 20.7 Å². The molecule has 5 aromatic heterocycles. The van der Waals surface area contributed by atoms with Crippen LogP contribution in [0.5, 0.6) is 5.75 Å². The van der Waals surface area contributed by atoms with Gasteiger partial charge in [0.15, 0.2) is 5.75 Å². The second kappa shape index (κ2) is 25.0. The third-order valence-corrected chi connectivity index (χ3v) is 8.10. The second-order valence-corrected chi connectivity index (χ2v) is 13.3. The fourth-order valence-electron chi connectivity index (χ4n) is 4.66. The smallest absolute Gasteiger partial charge is 0.328 e. The van der Waals surface area contributed by atoms with Crippen LogP contribution in [-0.2, 0) is 0 Å². The quantitative estimate of drug-likeness (QED) is 0.0811. The first-order chi connectivity index (χ1) is 28.9. The molecular weight excluding hydrogens is 784 g/mol. The van der Waals surface area contributed by atoms with Crippen LogP contribution in [0, 0.1) is 30.3 Å². The van der Waals surface area contributed by atoms with Crippen molar-refractivity contribution >= 4 is 39.5 Å². The lowest BCUT2D eigenvalue weighted by Crippen LogP contribution is -2.14. The molecule has 4 saturated carbocycles. The van der Waals surface area contributed by atoms with Gasteiger partial charge in [-0.25, -0.2) is 4.79 Å². The van der Waals surface area contributed by atoms with Crippen molar-refractivity contribution in [1.82, 2.24) is 29.5 Å². The van der Waals surface area contributed by atoms with Gasteiger partial charge in [-0.3, -0.25) is 54.8 Å². The average Bonchev–Trinajstić information content (AvgIpc) is 3.98. The number of anilines is 2. The molecule has 0 atom stereocenters. The molecule has 7 N–H and O–H groups in total. The van der Waals surface area contributed by atoms with Crippen molar-refractivity contribution in [3.63, 3.8) is 0 Å². The monoisotopic (exact) mass is 836 g/mol. The summed E-state index contributed by atoms with van der Waals surface area (Å²) in [7, 11) is 1.38. The van der Waals surface area contributed by atoms with E-state index in [2.05, 4.69) is 35.6 Å². The molecule has 0 radical (unpaired) electrons. The zero-order valence-corrected chi connectivity index (χ0v) is 33.6. The van der Waals surface area contributed by atoms with E-state index >= 15 is 0 Å². The molecule has 9 rings (SSSR count). The van der Waals surface area contributed by atoms with Gasteiger partial charge in [0, 0.05) is 68.2 Å². The highest BCUT2D eigenvalue weighted by molar-refractivity contribution is 5.74. The number of rotatable bonds is 9. The number of nitrogens with one attached hydrogen (secondary N) is 3. The van der Waals surface area contributed by atoms with Gasteiger partial charge in [0.05, 0.1) is 39.1 Å². The Morgan fingerprint density at radius 3 is 1.48 bits per heavy atom. The van der Waals surface area contributed by atoms with Gasteiger partial charge < -0.3 is 36.3 Å². The lowest BCUT2D eigenvalue weighted by Gasteiger charge is -2.03. The number of aliphatic hydroxyl groups excluding tert-OH is 2. The van der Waals surface area contributed by atoms with Gasteiger partial charge in [0.2, 0.25) is 0 Å². The van der Waals surface area contributed by atoms with Crippen molar-refractivity contribution in [2.24, 2.45) is 5.73 Å². The summed E-state index contributed by atoms with van der Waals surface area (Å²) in [5.41, 5.74) is 8.15. The summed E-state index contributed by atoms with van der Waals surface area (Å²) >= 11 is 0. The molecule has 5 aromatic rings. The van der Waals surface area contributed by atoms with Crippen LogP contribution in [0.4, 0.5) is 28.4 Å². The number of H-pyrrole nitrogens is 1. The number of nitrogens with two attached hydrogens (primary N) is 1. The summed E-state index contributed by atoms with van der Waals surface area (Å²) in [5.74, 6) is 0.227. The number of pyridine rings is 4. The fourth-order valence-corrected chi connectivity index (χ4v) is 4.66. The van der Waals surface area contributed by atoms with E-state index in [0.29, 0.717) is 35.5 Å². The molecule has 324 valence electrons. The molecule has 4 aliphatic carbocycles. The number of imidazole rings is 1. The highest BCUT2D eigenvalue weighted by atomic mass is 16.6. The van der Waals surface area contributed by atoms with Gasteiger partial charge in [0.1, 0.15) is 30.0 Å². The number of ether oxygens (including phenoxy) is 1. The standard InChI is InChI=1S/C9H9N3O.2C8H9N3O2.C6H6N2O3.C3H7N.2C2H6O/c13-9-11-7-5-10-4-3-8(7)12(9)6-1-2-6;2*12-11(13)8-5-9-4-3-7(8)10-6-1-2-6;1-11-6-2-3-7-4-5(6)8(9)10;4-3-1-2-3;2*1-2-3/h3-6H,1-2H2,(H,11,13);2*3-6H,1-2H2,(H,9,10);2-4H,1H3;3H,1-2,4H2;2*3H,2H2,1H3. The summed E-state index contributed by atoms with van der Waals surface area (Å²) in [5, 5.41) is 52.7. The molecule has 0 spiro atoms. The van der Waals surface area contributed by atoms with E-state index in [1.54, 1.807) is 50.8 Å². The summed E-state index contributed by atoms with van der Waals surface area (Å²) in [6, 6.07) is 8.43. The average molecular weight is 837 g/mol. The SMILES string of the molecule is CCO.CCO.COc1ccncc1[N+](=O)[O-].NC1CC1.O=[N+]([O-])c1cnccc1NC1CC1.O=[N+]([O-])c1cnccc1NC1CC1.O=c1[nH]c2cnccc2n1C1CC1. The Balaban J connectivity index is 0.000000199. The van der Waals surface area contributed by atoms with Gasteiger partial charge in [-0.15, -0.1) is 0 Å². The van der Waals surface area contributed by atoms with Crippen molar-refractivity contribution in [2.75, 3.05) is 31.0 Å². The number of aromatic amines is 1. The Hall–Kier alpha value is -6.65. The molecular formula is C38H52N12O10. The lowest BCUT2D eigenvalue weighted by molar-refractivity contribution is -0.386. The zero-order chi connectivity index (χ0) is 44.0. The van der Waals surface area contributed by atoms with Crippen LogP contribution in [0.2, 0.25) is 0 Å². The maximum Gasteiger partial charge on any atom is 0.328 e. The van der Waals surface area contributed by atoms with E-state index < -0.39 is 14.8 Å². The van der Waals surface area contributed by atoms with Crippen molar-refractivity contribution in [3.8, 4) is 5.75 Å². The summed E-state index contributed by atoms with van der Waals surface area (Å²) < 4.78 is 6.56. The van der Waals surface area contributed by atoms with E-state index in [1.165, 1.54) is 44.6 Å². The molecule has 60 heavy (non-hydrogen) atoms. The second-order valence-electron chi connectivity index (χ2n) is 13.3. The minimum Gasteiger partial charge on any atom is -0.490 e. The van der Waals surface area contributed by atoms with E-state index in [9.17, 15) is 35.1 Å². The Morgan fingerprint density at radius 2 is 1.12 bits per heavy atom. The highest BCUT2D eigenvalue weighted by Crippen LogP contribution is 2.35. The van der Waals surface area contributed by atoms with E-state index in [0.717, 1.165) is 55.8 Å². The lowest BCUT2D eigenvalue weighted by atomic mass is 10.3. The molecule has 22 nitrogen and oxygen atoms in total. The number of fused-ring (bicyclic) bond motifs is 1. The van der Waals surface area contributed by atoms with Crippen LogP contribution < -0.4 is 26.8 Å². The first-order valence-corrected chi connectivity index (χ1v) is 19.2. The first kappa shape index (κ1) is 47.7. The molecule has 0 saturated heterocycles. The molecule has 0 bridgehead atoms. The van der Waals surface area contributed by atoms with Crippen molar-refractivity contribution in [1.29, 1.82) is 0 Å². The number of nitro groups is 3. The summed E-state index contributed by atoms with van der Waals surface area (Å²) in [6.07, 6.45) is 20.8. The molecule has 4 aliphatic rings. The highest BCUT2D eigenvalue weighted by Gasteiger charge is 2.27. The van der Waals surface area contributed by atoms with Gasteiger partial charge in [-0.1, -0.05) is 0 Å². The molecule has 0 aliphatic heterocycles. The molecule has 4 fully saturated rings. The molecule has 0 aromatic carbocycles. The van der Waals surface area contributed by atoms with Crippen LogP contribution in [0.25, 0.3) is 11.0 Å². The molecule has 22 heteroatoms. The molecule has 0 unspecified atom stereocenters. The third kappa shape index (κ3) is 17.1. The largest absolute Gasteiger partial charge is 0.490 e. The zero-order valence-electron chi connectivity index (χ0n) is 33.6. The fraction of sp³-hybridized carbons (Fsp3) is 0.447. The van der Waals surface area contributed by atoms with Crippen LogP contribution in [0.3, 0.4) is 0 Å². The van der Waals surface area contributed by atoms with Crippen molar-refractivity contribution < 1.29 is 29.7 Å². The number of aliphatic hydroxyl groups is 2. The molecule has 0 amide bonds. The normalized spacial score (nSPS) is 14.3. The Kier molecular flexibility index (Phi) is 19.9.